The van der Waals surface area contributed by atoms with Crippen molar-refractivity contribution in [2.75, 3.05) is 18.5 Å². The number of hydrogen-bond acceptors (Lipinski definition) is 4. The van der Waals surface area contributed by atoms with Crippen LogP contribution in [0.4, 0.5) is 5.69 Å². The topological polar surface area (TPSA) is 56.2 Å². The molecule has 1 aromatic rings. The molecule has 0 fully saturated rings. The minimum Gasteiger partial charge on any atom is -0.461 e. The van der Waals surface area contributed by atoms with Gasteiger partial charge in [-0.05, 0) is 13.8 Å². The Morgan fingerprint density at radius 1 is 1.64 bits per heavy atom. The number of carbonyl (C=O) groups is 1. The first-order chi connectivity index (χ1) is 6.70. The highest BCUT2D eigenvalue weighted by atomic mass is 16.5. The van der Waals surface area contributed by atoms with Crippen molar-refractivity contribution in [2.24, 2.45) is 7.05 Å². The van der Waals surface area contributed by atoms with Gasteiger partial charge in [-0.1, -0.05) is 0 Å². The molecular formula is C9H15N3O2. The molecule has 0 amide bonds. The molecule has 0 radical (unpaired) electrons. The Bertz CT molecular complexity index is 320. The molecule has 0 saturated carbocycles. The van der Waals surface area contributed by atoms with Crippen LogP contribution in [0, 0.1) is 0 Å². The van der Waals surface area contributed by atoms with Crippen molar-refractivity contribution < 1.29 is 9.53 Å². The molecule has 0 bridgehead atoms. The molecule has 0 unspecified atom stereocenters. The number of hydrogen-bond donors (Lipinski definition) is 1. The van der Waals surface area contributed by atoms with Crippen molar-refractivity contribution in [1.82, 2.24) is 9.78 Å². The number of ether oxygens (including phenoxy) is 1. The highest BCUT2D eigenvalue weighted by molar-refractivity contribution is 5.93. The quantitative estimate of drug-likeness (QED) is 0.732. The van der Waals surface area contributed by atoms with Gasteiger partial charge in [-0.15, -0.1) is 0 Å². The molecule has 5 heteroatoms. The first-order valence-corrected chi connectivity index (χ1v) is 4.63. The van der Waals surface area contributed by atoms with Crippen LogP contribution < -0.4 is 5.32 Å². The van der Waals surface area contributed by atoms with Crippen molar-refractivity contribution in [2.45, 2.75) is 13.8 Å². The first kappa shape index (κ1) is 10.6. The molecular weight excluding hydrogens is 182 g/mol. The number of rotatable bonds is 4. The predicted molar refractivity (Wildman–Crippen MR) is 53.3 cm³/mol. The maximum atomic E-state index is 11.5. The van der Waals surface area contributed by atoms with Gasteiger partial charge in [0, 0.05) is 13.6 Å². The van der Waals surface area contributed by atoms with Crippen LogP contribution in [0.2, 0.25) is 0 Å². The third-order valence-corrected chi connectivity index (χ3v) is 1.77. The number of nitrogens with zero attached hydrogens (tertiary/aromatic N) is 2. The van der Waals surface area contributed by atoms with E-state index in [-0.39, 0.29) is 5.97 Å². The molecule has 0 aliphatic heterocycles. The second-order valence-electron chi connectivity index (χ2n) is 2.78. The van der Waals surface area contributed by atoms with E-state index in [4.69, 9.17) is 4.74 Å². The molecule has 78 valence electrons. The molecule has 1 heterocycles. The third kappa shape index (κ3) is 2.04. The van der Waals surface area contributed by atoms with Crippen LogP contribution in [0.1, 0.15) is 24.3 Å². The van der Waals surface area contributed by atoms with Crippen molar-refractivity contribution in [1.29, 1.82) is 0 Å². The second kappa shape index (κ2) is 4.64. The van der Waals surface area contributed by atoms with Gasteiger partial charge >= 0.3 is 5.97 Å². The van der Waals surface area contributed by atoms with E-state index in [9.17, 15) is 4.79 Å². The average Bonchev–Trinajstić information content (AvgIpc) is 2.48. The van der Waals surface area contributed by atoms with Gasteiger partial charge in [0.25, 0.3) is 0 Å². The molecule has 1 N–H and O–H groups in total. The molecule has 0 atom stereocenters. The van der Waals surface area contributed by atoms with E-state index in [1.54, 1.807) is 20.2 Å². The van der Waals surface area contributed by atoms with Gasteiger partial charge in [-0.25, -0.2) is 4.79 Å². The van der Waals surface area contributed by atoms with Gasteiger partial charge in [-0.3, -0.25) is 4.68 Å². The van der Waals surface area contributed by atoms with E-state index in [1.165, 1.54) is 4.68 Å². The van der Waals surface area contributed by atoms with E-state index in [1.807, 2.05) is 6.92 Å². The van der Waals surface area contributed by atoms with E-state index < -0.39 is 0 Å². The van der Waals surface area contributed by atoms with Gasteiger partial charge in [0.15, 0.2) is 5.69 Å². The fraction of sp³-hybridized carbons (Fsp3) is 0.556. The summed E-state index contributed by atoms with van der Waals surface area (Å²) in [7, 11) is 1.72. The third-order valence-electron chi connectivity index (χ3n) is 1.77. The minimum absolute atomic E-state index is 0.344. The van der Waals surface area contributed by atoms with E-state index >= 15 is 0 Å². The fourth-order valence-electron chi connectivity index (χ4n) is 1.20. The van der Waals surface area contributed by atoms with Gasteiger partial charge in [0.1, 0.15) is 0 Å². The zero-order valence-electron chi connectivity index (χ0n) is 8.70. The maximum Gasteiger partial charge on any atom is 0.358 e. The van der Waals surface area contributed by atoms with Crippen LogP contribution in [-0.2, 0) is 11.8 Å². The molecule has 5 nitrogen and oxygen atoms in total. The summed E-state index contributed by atoms with van der Waals surface area (Å²) >= 11 is 0. The molecule has 1 aromatic heterocycles. The number of carbonyl (C=O) groups excluding carboxylic acids is 1. The van der Waals surface area contributed by atoms with Crippen molar-refractivity contribution in [3.63, 3.8) is 0 Å². The minimum atomic E-state index is -0.344. The van der Waals surface area contributed by atoms with Crippen LogP contribution in [0.15, 0.2) is 6.20 Å². The standard InChI is InChI=1S/C9H15N3O2/c1-4-10-7-6-11-12(3)8(7)9(13)14-5-2/h6,10H,4-5H2,1-3H3. The smallest absolute Gasteiger partial charge is 0.358 e. The van der Waals surface area contributed by atoms with Crippen LogP contribution in [-0.4, -0.2) is 28.9 Å². The lowest BCUT2D eigenvalue weighted by Crippen LogP contribution is -2.13. The number of anilines is 1. The Hall–Kier alpha value is -1.52. The lowest BCUT2D eigenvalue weighted by Gasteiger charge is -2.05. The average molecular weight is 197 g/mol. The van der Waals surface area contributed by atoms with Crippen molar-refractivity contribution >= 4 is 11.7 Å². The highest BCUT2D eigenvalue weighted by Gasteiger charge is 2.17. The van der Waals surface area contributed by atoms with E-state index in [2.05, 4.69) is 10.4 Å². The Morgan fingerprint density at radius 2 is 2.36 bits per heavy atom. The number of aryl methyl sites for hydroxylation is 1. The van der Waals surface area contributed by atoms with Gasteiger partial charge in [0.05, 0.1) is 18.5 Å². The molecule has 14 heavy (non-hydrogen) atoms. The van der Waals surface area contributed by atoms with Crippen LogP contribution >= 0.6 is 0 Å². The summed E-state index contributed by atoms with van der Waals surface area (Å²) in [4.78, 5) is 11.5. The summed E-state index contributed by atoms with van der Waals surface area (Å²) in [6.07, 6.45) is 1.62. The van der Waals surface area contributed by atoms with E-state index in [0.717, 1.165) is 6.54 Å². The summed E-state index contributed by atoms with van der Waals surface area (Å²) in [6, 6.07) is 0. The summed E-state index contributed by atoms with van der Waals surface area (Å²) in [6.45, 7) is 4.86. The van der Waals surface area contributed by atoms with Gasteiger partial charge < -0.3 is 10.1 Å². The molecule has 0 spiro atoms. The maximum absolute atomic E-state index is 11.5. The van der Waals surface area contributed by atoms with Crippen molar-refractivity contribution in [3.8, 4) is 0 Å². The largest absolute Gasteiger partial charge is 0.461 e. The summed E-state index contributed by atoms with van der Waals surface area (Å²) in [5.74, 6) is -0.344. The van der Waals surface area contributed by atoms with Crippen LogP contribution in [0.3, 0.4) is 0 Å². The van der Waals surface area contributed by atoms with Crippen LogP contribution in [0.25, 0.3) is 0 Å². The summed E-state index contributed by atoms with van der Waals surface area (Å²) in [5.41, 5.74) is 1.18. The molecule has 0 aromatic carbocycles. The van der Waals surface area contributed by atoms with Gasteiger partial charge in [-0.2, -0.15) is 5.10 Å². The van der Waals surface area contributed by atoms with Crippen LogP contribution in [0.5, 0.6) is 0 Å². The lowest BCUT2D eigenvalue weighted by molar-refractivity contribution is 0.0515. The Labute approximate surface area is 83.1 Å². The van der Waals surface area contributed by atoms with E-state index in [0.29, 0.717) is 18.0 Å². The SMILES string of the molecule is CCNc1cnn(C)c1C(=O)OCC. The lowest BCUT2D eigenvalue weighted by atomic mass is 10.3. The molecule has 0 saturated heterocycles. The van der Waals surface area contributed by atoms with Crippen molar-refractivity contribution in [3.05, 3.63) is 11.9 Å². The Balaban J connectivity index is 2.92. The zero-order valence-corrected chi connectivity index (χ0v) is 8.70. The zero-order chi connectivity index (χ0) is 10.6. The predicted octanol–water partition coefficient (Wildman–Crippen LogP) is 1.03. The monoisotopic (exact) mass is 197 g/mol. The molecule has 1 rings (SSSR count). The summed E-state index contributed by atoms with van der Waals surface area (Å²) < 4.78 is 6.42. The highest BCUT2D eigenvalue weighted by Crippen LogP contribution is 2.14. The summed E-state index contributed by atoms with van der Waals surface area (Å²) in [5, 5.41) is 7.04. The second-order valence-corrected chi connectivity index (χ2v) is 2.78. The Morgan fingerprint density at radius 3 is 2.93 bits per heavy atom. The number of nitrogens with one attached hydrogen (secondary N) is 1. The first-order valence-electron chi connectivity index (χ1n) is 4.63. The molecule has 0 aliphatic rings. The van der Waals surface area contributed by atoms with Gasteiger partial charge in [0.2, 0.25) is 0 Å². The normalized spacial score (nSPS) is 9.93. The molecule has 0 aliphatic carbocycles. The Kier molecular flexibility index (Phi) is 3.50. The number of esters is 1. The number of aromatic nitrogens is 2. The fourth-order valence-corrected chi connectivity index (χ4v) is 1.20.